The quantitative estimate of drug-likeness (QED) is 0.730. The molecule has 0 aliphatic rings. The highest BCUT2D eigenvalue weighted by molar-refractivity contribution is 6.31. The number of hydrogen-bond acceptors (Lipinski definition) is 1. The number of aromatic amines is 1. The lowest BCUT2D eigenvalue weighted by Crippen LogP contribution is -2.00. The van der Waals surface area contributed by atoms with Crippen LogP contribution in [-0.4, -0.2) is 16.1 Å². The molecule has 0 atom stereocenters. The fourth-order valence-corrected chi connectivity index (χ4v) is 2.72. The lowest BCUT2D eigenvalue weighted by molar-refractivity contribution is -0.136. The van der Waals surface area contributed by atoms with Gasteiger partial charge in [0.2, 0.25) is 0 Å². The monoisotopic (exact) mass is 319 g/mol. The van der Waals surface area contributed by atoms with Crippen LogP contribution in [0.1, 0.15) is 5.56 Å². The van der Waals surface area contributed by atoms with E-state index in [1.807, 2.05) is 18.2 Å². The zero-order chi connectivity index (χ0) is 15.0. The Balaban J connectivity index is 2.25. The Morgan fingerprint density at radius 3 is 2.38 bits per heavy atom. The summed E-state index contributed by atoms with van der Waals surface area (Å²) >= 11 is 11.9. The van der Waals surface area contributed by atoms with Crippen molar-refractivity contribution in [2.24, 2.45) is 0 Å². The molecule has 5 heteroatoms. The number of rotatable bonds is 3. The van der Waals surface area contributed by atoms with E-state index in [0.29, 0.717) is 10.0 Å². The van der Waals surface area contributed by atoms with Crippen molar-refractivity contribution in [3.05, 3.63) is 58.1 Å². The summed E-state index contributed by atoms with van der Waals surface area (Å²) in [5, 5.41) is 11.2. The summed E-state index contributed by atoms with van der Waals surface area (Å²) in [6.07, 6.45) is -0.0711. The number of H-pyrrole nitrogens is 1. The molecule has 0 spiro atoms. The molecular formula is C16H11Cl2NO2. The topological polar surface area (TPSA) is 53.1 Å². The maximum atomic E-state index is 11.2. The number of carboxylic acids is 1. The smallest absolute Gasteiger partial charge is 0.307 e. The maximum absolute atomic E-state index is 11.2. The molecule has 0 aliphatic carbocycles. The number of carboxylic acid groups (broad SMARTS) is 1. The first kappa shape index (κ1) is 14.0. The van der Waals surface area contributed by atoms with Gasteiger partial charge in [0.25, 0.3) is 0 Å². The van der Waals surface area contributed by atoms with Crippen LogP contribution in [0.4, 0.5) is 0 Å². The Labute approximate surface area is 131 Å². The number of halogens is 2. The van der Waals surface area contributed by atoms with Gasteiger partial charge >= 0.3 is 5.97 Å². The predicted octanol–water partition coefficient (Wildman–Crippen LogP) is 4.77. The van der Waals surface area contributed by atoms with Crippen molar-refractivity contribution in [3.8, 4) is 11.3 Å². The van der Waals surface area contributed by atoms with Crippen LogP contribution in [0, 0.1) is 0 Å². The number of fused-ring (bicyclic) bond motifs is 1. The van der Waals surface area contributed by atoms with Gasteiger partial charge in [-0.2, -0.15) is 0 Å². The van der Waals surface area contributed by atoms with E-state index < -0.39 is 5.97 Å². The molecular weight excluding hydrogens is 309 g/mol. The van der Waals surface area contributed by atoms with Gasteiger partial charge in [-0.3, -0.25) is 4.79 Å². The van der Waals surface area contributed by atoms with Gasteiger partial charge in [0.15, 0.2) is 0 Å². The van der Waals surface area contributed by atoms with Gasteiger partial charge in [-0.05, 0) is 41.5 Å². The van der Waals surface area contributed by atoms with Crippen molar-refractivity contribution in [2.75, 3.05) is 0 Å². The molecule has 3 rings (SSSR count). The van der Waals surface area contributed by atoms with E-state index in [4.69, 9.17) is 28.3 Å². The van der Waals surface area contributed by atoms with Gasteiger partial charge in [0, 0.05) is 20.9 Å². The van der Waals surface area contributed by atoms with E-state index in [2.05, 4.69) is 4.98 Å². The van der Waals surface area contributed by atoms with Crippen molar-refractivity contribution in [1.82, 2.24) is 4.98 Å². The SMILES string of the molecule is O=C(O)Cc1c(-c2ccc(Cl)cc2)[nH]c2ccc(Cl)cc12. The highest BCUT2D eigenvalue weighted by Gasteiger charge is 2.16. The summed E-state index contributed by atoms with van der Waals surface area (Å²) in [6.45, 7) is 0. The Kier molecular flexibility index (Phi) is 3.62. The lowest BCUT2D eigenvalue weighted by atomic mass is 10.0. The van der Waals surface area contributed by atoms with Crippen LogP contribution in [0.15, 0.2) is 42.5 Å². The Morgan fingerprint density at radius 1 is 1.05 bits per heavy atom. The molecule has 1 aromatic heterocycles. The highest BCUT2D eigenvalue weighted by atomic mass is 35.5. The van der Waals surface area contributed by atoms with Crippen molar-refractivity contribution < 1.29 is 9.90 Å². The van der Waals surface area contributed by atoms with Crippen molar-refractivity contribution in [3.63, 3.8) is 0 Å². The Hall–Kier alpha value is -1.97. The van der Waals surface area contributed by atoms with Crippen LogP contribution >= 0.6 is 23.2 Å². The Morgan fingerprint density at radius 2 is 1.71 bits per heavy atom. The first-order chi connectivity index (χ1) is 10.0. The highest BCUT2D eigenvalue weighted by Crippen LogP contribution is 2.32. The van der Waals surface area contributed by atoms with Crippen molar-refractivity contribution in [1.29, 1.82) is 0 Å². The molecule has 2 aromatic carbocycles. The Bertz CT molecular complexity index is 822. The molecule has 0 radical (unpaired) electrons. The van der Waals surface area contributed by atoms with Crippen LogP contribution in [-0.2, 0) is 11.2 Å². The summed E-state index contributed by atoms with van der Waals surface area (Å²) in [7, 11) is 0. The number of benzene rings is 2. The number of aromatic nitrogens is 1. The fourth-order valence-electron chi connectivity index (χ4n) is 2.42. The molecule has 0 unspecified atom stereocenters. The van der Waals surface area contributed by atoms with Gasteiger partial charge in [-0.25, -0.2) is 0 Å². The third-order valence-corrected chi connectivity index (χ3v) is 3.82. The predicted molar refractivity (Wildman–Crippen MR) is 85.1 cm³/mol. The number of aliphatic carboxylic acids is 1. The van der Waals surface area contributed by atoms with Crippen LogP contribution < -0.4 is 0 Å². The van der Waals surface area contributed by atoms with E-state index in [1.54, 1.807) is 24.3 Å². The molecule has 0 saturated carbocycles. The van der Waals surface area contributed by atoms with E-state index in [9.17, 15) is 4.79 Å². The summed E-state index contributed by atoms with van der Waals surface area (Å²) in [6, 6.07) is 12.7. The minimum absolute atomic E-state index is 0.0711. The molecule has 0 bridgehead atoms. The number of carbonyl (C=O) groups is 1. The normalized spacial score (nSPS) is 11.0. The minimum atomic E-state index is -0.883. The molecule has 106 valence electrons. The second kappa shape index (κ2) is 5.43. The minimum Gasteiger partial charge on any atom is -0.481 e. The van der Waals surface area contributed by atoms with Gasteiger partial charge in [-0.1, -0.05) is 35.3 Å². The van der Waals surface area contributed by atoms with Crippen molar-refractivity contribution >= 4 is 40.1 Å². The summed E-state index contributed by atoms with van der Waals surface area (Å²) in [5.41, 5.74) is 3.26. The second-order valence-electron chi connectivity index (χ2n) is 4.75. The van der Waals surface area contributed by atoms with Gasteiger partial charge in [-0.15, -0.1) is 0 Å². The van der Waals surface area contributed by atoms with E-state index in [0.717, 1.165) is 27.7 Å². The standard InChI is InChI=1S/C16H11Cl2NO2/c17-10-3-1-9(2-4-10)16-13(8-15(20)21)12-7-11(18)5-6-14(12)19-16/h1-7,19H,8H2,(H,20,21). The molecule has 0 aliphatic heterocycles. The summed E-state index contributed by atoms with van der Waals surface area (Å²) < 4.78 is 0. The van der Waals surface area contributed by atoms with Gasteiger partial charge < -0.3 is 10.1 Å². The molecule has 21 heavy (non-hydrogen) atoms. The van der Waals surface area contributed by atoms with Crippen LogP contribution in [0.2, 0.25) is 10.0 Å². The largest absolute Gasteiger partial charge is 0.481 e. The third-order valence-electron chi connectivity index (χ3n) is 3.33. The number of nitrogens with one attached hydrogen (secondary N) is 1. The molecule has 3 nitrogen and oxygen atoms in total. The zero-order valence-electron chi connectivity index (χ0n) is 10.9. The maximum Gasteiger partial charge on any atom is 0.307 e. The molecule has 2 N–H and O–H groups in total. The van der Waals surface area contributed by atoms with Crippen LogP contribution in [0.5, 0.6) is 0 Å². The zero-order valence-corrected chi connectivity index (χ0v) is 12.4. The summed E-state index contributed by atoms with van der Waals surface area (Å²) in [5.74, 6) is -0.883. The van der Waals surface area contributed by atoms with Crippen molar-refractivity contribution in [2.45, 2.75) is 6.42 Å². The first-order valence-electron chi connectivity index (χ1n) is 6.32. The molecule has 1 heterocycles. The molecule has 0 fully saturated rings. The molecule has 3 aromatic rings. The van der Waals surface area contributed by atoms with E-state index in [-0.39, 0.29) is 6.42 Å². The third kappa shape index (κ3) is 2.75. The molecule has 0 amide bonds. The lowest BCUT2D eigenvalue weighted by Gasteiger charge is -2.03. The summed E-state index contributed by atoms with van der Waals surface area (Å²) in [4.78, 5) is 14.4. The average molecular weight is 320 g/mol. The van der Waals surface area contributed by atoms with Crippen LogP contribution in [0.3, 0.4) is 0 Å². The van der Waals surface area contributed by atoms with Crippen LogP contribution in [0.25, 0.3) is 22.2 Å². The van der Waals surface area contributed by atoms with E-state index >= 15 is 0 Å². The molecule has 0 saturated heterocycles. The average Bonchev–Trinajstić information content (AvgIpc) is 2.77. The second-order valence-corrected chi connectivity index (χ2v) is 5.62. The first-order valence-corrected chi connectivity index (χ1v) is 7.08. The van der Waals surface area contributed by atoms with Gasteiger partial charge in [0.1, 0.15) is 0 Å². The fraction of sp³-hybridized carbons (Fsp3) is 0.0625. The number of hydrogen-bond donors (Lipinski definition) is 2. The van der Waals surface area contributed by atoms with E-state index in [1.165, 1.54) is 0 Å². The van der Waals surface area contributed by atoms with Gasteiger partial charge in [0.05, 0.1) is 12.1 Å².